The maximum atomic E-state index is 13.7. The maximum absolute atomic E-state index is 13.7. The molecule has 0 saturated carbocycles. The molecule has 0 atom stereocenters. The Bertz CT molecular complexity index is 1270. The SMILES string of the molecule is CCOc1cccc(NC2=C(c3ccc(C)cc3C)C(=O)N(c3ccc(C(C)C)cc3)C2=O)c1. The molecular weight excluding hydrogens is 424 g/mol. The Labute approximate surface area is 201 Å². The normalized spacial score (nSPS) is 13.8. The van der Waals surface area contributed by atoms with Crippen LogP contribution in [0.4, 0.5) is 11.4 Å². The molecule has 1 aliphatic rings. The lowest BCUT2D eigenvalue weighted by Gasteiger charge is -2.17. The quantitative estimate of drug-likeness (QED) is 0.431. The van der Waals surface area contributed by atoms with E-state index in [4.69, 9.17) is 4.74 Å². The van der Waals surface area contributed by atoms with Crippen molar-refractivity contribution in [2.75, 3.05) is 16.8 Å². The van der Waals surface area contributed by atoms with Gasteiger partial charge in [0.2, 0.25) is 0 Å². The molecule has 0 aliphatic carbocycles. The van der Waals surface area contributed by atoms with E-state index in [9.17, 15) is 9.59 Å². The number of anilines is 2. The smallest absolute Gasteiger partial charge is 0.282 e. The fourth-order valence-corrected chi connectivity index (χ4v) is 4.21. The minimum atomic E-state index is -0.376. The molecule has 2 amide bonds. The summed E-state index contributed by atoms with van der Waals surface area (Å²) in [5, 5.41) is 3.23. The second-order valence-electron chi connectivity index (χ2n) is 8.85. The molecule has 1 aliphatic heterocycles. The van der Waals surface area contributed by atoms with Gasteiger partial charge in [-0.3, -0.25) is 9.59 Å². The number of imide groups is 1. The van der Waals surface area contributed by atoms with Crippen LogP contribution >= 0.6 is 0 Å². The lowest BCUT2D eigenvalue weighted by molar-refractivity contribution is -0.120. The summed E-state index contributed by atoms with van der Waals surface area (Å²) in [6, 6.07) is 20.9. The van der Waals surface area contributed by atoms with Crippen molar-refractivity contribution >= 4 is 28.8 Å². The molecule has 5 nitrogen and oxygen atoms in total. The first kappa shape index (κ1) is 23.3. The van der Waals surface area contributed by atoms with Crippen molar-refractivity contribution in [2.45, 2.75) is 40.5 Å². The van der Waals surface area contributed by atoms with Crippen molar-refractivity contribution in [3.8, 4) is 5.75 Å². The van der Waals surface area contributed by atoms with E-state index < -0.39 is 0 Å². The standard InChI is InChI=1S/C29H30N2O3/c1-6-34-24-9-7-8-22(17-24)30-27-26(25-15-10-19(4)16-20(25)5)28(32)31(29(27)33)23-13-11-21(12-14-23)18(2)3/h7-18,30H,6H2,1-5H3. The van der Waals surface area contributed by atoms with Crippen LogP contribution in [0.25, 0.3) is 5.57 Å². The van der Waals surface area contributed by atoms with Gasteiger partial charge in [0, 0.05) is 11.8 Å². The van der Waals surface area contributed by atoms with Crippen LogP contribution in [0.15, 0.2) is 72.4 Å². The highest BCUT2D eigenvalue weighted by atomic mass is 16.5. The first-order chi connectivity index (χ1) is 16.3. The van der Waals surface area contributed by atoms with Crippen molar-refractivity contribution in [3.05, 3.63) is 94.7 Å². The summed E-state index contributed by atoms with van der Waals surface area (Å²) >= 11 is 0. The third kappa shape index (κ3) is 4.46. The monoisotopic (exact) mass is 454 g/mol. The summed E-state index contributed by atoms with van der Waals surface area (Å²) in [6.07, 6.45) is 0. The topological polar surface area (TPSA) is 58.6 Å². The molecule has 0 fully saturated rings. The summed E-state index contributed by atoms with van der Waals surface area (Å²) in [5.74, 6) is 0.341. The van der Waals surface area contributed by atoms with E-state index in [0.717, 1.165) is 22.3 Å². The van der Waals surface area contributed by atoms with Crippen LogP contribution in [-0.2, 0) is 9.59 Å². The number of nitrogens with one attached hydrogen (secondary N) is 1. The number of aryl methyl sites for hydroxylation is 2. The van der Waals surface area contributed by atoms with E-state index in [1.165, 1.54) is 4.90 Å². The molecule has 5 heteroatoms. The zero-order valence-corrected chi connectivity index (χ0v) is 20.3. The predicted molar refractivity (Wildman–Crippen MR) is 137 cm³/mol. The van der Waals surface area contributed by atoms with E-state index in [1.807, 2.05) is 87.5 Å². The third-order valence-corrected chi connectivity index (χ3v) is 5.97. The van der Waals surface area contributed by atoms with Gasteiger partial charge in [0.05, 0.1) is 17.9 Å². The Morgan fingerprint density at radius 2 is 1.65 bits per heavy atom. The molecule has 34 heavy (non-hydrogen) atoms. The lowest BCUT2D eigenvalue weighted by atomic mass is 9.97. The molecule has 0 saturated heterocycles. The predicted octanol–water partition coefficient (Wildman–Crippen LogP) is 6.22. The zero-order valence-electron chi connectivity index (χ0n) is 20.3. The Morgan fingerprint density at radius 1 is 0.912 bits per heavy atom. The minimum Gasteiger partial charge on any atom is -0.494 e. The second kappa shape index (κ2) is 9.56. The average Bonchev–Trinajstić information content (AvgIpc) is 3.04. The molecule has 0 aromatic heterocycles. The number of hydrogen-bond donors (Lipinski definition) is 1. The molecule has 4 rings (SSSR count). The first-order valence-corrected chi connectivity index (χ1v) is 11.6. The van der Waals surface area contributed by atoms with Gasteiger partial charge in [-0.25, -0.2) is 4.90 Å². The molecule has 0 bridgehead atoms. The van der Waals surface area contributed by atoms with Gasteiger partial charge in [0.15, 0.2) is 0 Å². The van der Waals surface area contributed by atoms with E-state index in [0.29, 0.717) is 35.2 Å². The highest BCUT2D eigenvalue weighted by molar-refractivity contribution is 6.46. The van der Waals surface area contributed by atoms with Gasteiger partial charge >= 0.3 is 0 Å². The summed E-state index contributed by atoms with van der Waals surface area (Å²) in [6.45, 7) is 10.6. The van der Waals surface area contributed by atoms with E-state index >= 15 is 0 Å². The summed E-state index contributed by atoms with van der Waals surface area (Å²) in [4.78, 5) is 28.6. The molecular formula is C29H30N2O3. The number of nitrogens with zero attached hydrogens (tertiary/aromatic N) is 1. The van der Waals surface area contributed by atoms with Crippen LogP contribution in [0.5, 0.6) is 5.75 Å². The number of benzene rings is 3. The Morgan fingerprint density at radius 3 is 2.29 bits per heavy atom. The number of amides is 2. The van der Waals surface area contributed by atoms with E-state index in [-0.39, 0.29) is 17.5 Å². The van der Waals surface area contributed by atoms with Crippen molar-refractivity contribution in [1.29, 1.82) is 0 Å². The van der Waals surface area contributed by atoms with Gasteiger partial charge < -0.3 is 10.1 Å². The van der Waals surface area contributed by atoms with Gasteiger partial charge in [-0.2, -0.15) is 0 Å². The second-order valence-corrected chi connectivity index (χ2v) is 8.85. The molecule has 174 valence electrons. The number of hydrogen-bond acceptors (Lipinski definition) is 4. The van der Waals surface area contributed by atoms with Crippen LogP contribution in [0.1, 0.15) is 48.9 Å². The first-order valence-electron chi connectivity index (χ1n) is 11.6. The fourth-order valence-electron chi connectivity index (χ4n) is 4.21. The number of rotatable bonds is 7. The van der Waals surface area contributed by atoms with Crippen LogP contribution < -0.4 is 15.0 Å². The van der Waals surface area contributed by atoms with E-state index in [1.54, 1.807) is 0 Å². The lowest BCUT2D eigenvalue weighted by Crippen LogP contribution is -2.32. The van der Waals surface area contributed by atoms with Gasteiger partial charge in [0.25, 0.3) is 11.8 Å². The third-order valence-electron chi connectivity index (χ3n) is 5.97. The van der Waals surface area contributed by atoms with Crippen molar-refractivity contribution in [1.82, 2.24) is 0 Å². The van der Waals surface area contributed by atoms with E-state index in [2.05, 4.69) is 19.2 Å². The van der Waals surface area contributed by atoms with Crippen LogP contribution in [0.2, 0.25) is 0 Å². The largest absolute Gasteiger partial charge is 0.494 e. The molecule has 0 radical (unpaired) electrons. The highest BCUT2D eigenvalue weighted by Crippen LogP contribution is 2.36. The molecule has 3 aromatic rings. The van der Waals surface area contributed by atoms with Gasteiger partial charge in [0.1, 0.15) is 11.4 Å². The fraction of sp³-hybridized carbons (Fsp3) is 0.241. The molecule has 1 N–H and O–H groups in total. The molecule has 3 aromatic carbocycles. The van der Waals surface area contributed by atoms with Crippen molar-refractivity contribution < 1.29 is 14.3 Å². The Kier molecular flexibility index (Phi) is 6.55. The van der Waals surface area contributed by atoms with Gasteiger partial charge in [-0.05, 0) is 67.6 Å². The van der Waals surface area contributed by atoms with Crippen LogP contribution in [-0.4, -0.2) is 18.4 Å². The summed E-state index contributed by atoms with van der Waals surface area (Å²) in [5.41, 5.74) is 5.80. The minimum absolute atomic E-state index is 0.263. The number of carbonyl (C=O) groups excluding carboxylic acids is 2. The average molecular weight is 455 g/mol. The van der Waals surface area contributed by atoms with Crippen LogP contribution in [0.3, 0.4) is 0 Å². The molecule has 1 heterocycles. The summed E-state index contributed by atoms with van der Waals surface area (Å²) < 4.78 is 5.61. The summed E-state index contributed by atoms with van der Waals surface area (Å²) in [7, 11) is 0. The highest BCUT2D eigenvalue weighted by Gasteiger charge is 2.40. The van der Waals surface area contributed by atoms with Gasteiger partial charge in [-0.1, -0.05) is 55.8 Å². The molecule has 0 unspecified atom stereocenters. The maximum Gasteiger partial charge on any atom is 0.282 e. The van der Waals surface area contributed by atoms with Crippen molar-refractivity contribution in [3.63, 3.8) is 0 Å². The van der Waals surface area contributed by atoms with Gasteiger partial charge in [-0.15, -0.1) is 0 Å². The van der Waals surface area contributed by atoms with Crippen molar-refractivity contribution in [2.24, 2.45) is 0 Å². The Hall–Kier alpha value is -3.86. The number of ether oxygens (including phenoxy) is 1. The molecule has 0 spiro atoms. The van der Waals surface area contributed by atoms with Crippen LogP contribution in [0, 0.1) is 13.8 Å². The Balaban J connectivity index is 1.80. The zero-order chi connectivity index (χ0) is 24.4. The number of carbonyl (C=O) groups is 2.